The first-order valence-corrected chi connectivity index (χ1v) is 9.28. The topological polar surface area (TPSA) is 85.5 Å². The number of benzene rings is 1. The molecule has 2 aromatic rings. The first kappa shape index (κ1) is 16.2. The van der Waals surface area contributed by atoms with Gasteiger partial charge in [-0.1, -0.05) is 24.3 Å². The van der Waals surface area contributed by atoms with E-state index in [-0.39, 0.29) is 11.2 Å². The molecule has 2 aliphatic rings. The zero-order chi connectivity index (χ0) is 17.6. The van der Waals surface area contributed by atoms with Crippen molar-refractivity contribution in [1.29, 1.82) is 0 Å². The Morgan fingerprint density at radius 2 is 2.16 bits per heavy atom. The zero-order valence-corrected chi connectivity index (χ0v) is 14.7. The van der Waals surface area contributed by atoms with Gasteiger partial charge in [-0.3, -0.25) is 4.79 Å². The summed E-state index contributed by atoms with van der Waals surface area (Å²) < 4.78 is 21.2. The van der Waals surface area contributed by atoms with Crippen LogP contribution < -0.4 is 10.5 Å². The predicted octanol–water partition coefficient (Wildman–Crippen LogP) is 1.94. The molecule has 1 aliphatic carbocycles. The third kappa shape index (κ3) is 3.05. The highest BCUT2D eigenvalue weighted by Crippen LogP contribution is 2.45. The van der Waals surface area contributed by atoms with E-state index in [1.165, 1.54) is 12.3 Å². The highest BCUT2D eigenvalue weighted by atomic mass is 32.2. The fraction of sp³-hybridized carbons (Fsp3) is 0.333. The first-order valence-electron chi connectivity index (χ1n) is 8.18. The Hall–Kier alpha value is -2.25. The van der Waals surface area contributed by atoms with Gasteiger partial charge in [-0.2, -0.15) is 0 Å². The molecule has 0 bridgehead atoms. The normalized spacial score (nSPS) is 21.2. The van der Waals surface area contributed by atoms with Crippen molar-refractivity contribution in [2.24, 2.45) is 5.73 Å². The van der Waals surface area contributed by atoms with Crippen molar-refractivity contribution in [2.45, 2.75) is 36.8 Å². The van der Waals surface area contributed by atoms with Crippen molar-refractivity contribution in [3.63, 3.8) is 0 Å². The smallest absolute Gasteiger partial charge is 0.250 e. The molecule has 1 atom stereocenters. The summed E-state index contributed by atoms with van der Waals surface area (Å²) in [6.45, 7) is 3.15. The summed E-state index contributed by atoms with van der Waals surface area (Å²) in [6.07, 6.45) is 3.20. The molecule has 1 aromatic carbocycles. The maximum atomic E-state index is 13.2. The van der Waals surface area contributed by atoms with Gasteiger partial charge in [0.05, 0.1) is 12.1 Å². The average molecular weight is 357 g/mol. The van der Waals surface area contributed by atoms with Gasteiger partial charge in [0, 0.05) is 12.7 Å². The number of rotatable bonds is 3. The van der Waals surface area contributed by atoms with Crippen LogP contribution in [0.25, 0.3) is 0 Å². The van der Waals surface area contributed by atoms with E-state index >= 15 is 0 Å². The standard InChI is InChI=1S/C18H19N3O3S/c1-12-4-2-3-5-13(12)10-21-11-18(6-7-18)24-17-15(25(21)23)8-14(9-20-17)16(19)22/h2-5,8-9H,6-7,10-11H2,1H3,(H2,19,22). The number of ether oxygens (including phenoxy) is 1. The largest absolute Gasteiger partial charge is 0.469 e. The first-order chi connectivity index (χ1) is 12.0. The number of carbonyl (C=O) groups is 1. The number of primary amides is 1. The molecular weight excluding hydrogens is 338 g/mol. The average Bonchev–Trinajstić information content (AvgIpc) is 3.36. The Kier molecular flexibility index (Phi) is 3.85. The summed E-state index contributed by atoms with van der Waals surface area (Å²) in [5.41, 5.74) is 7.52. The van der Waals surface area contributed by atoms with Crippen LogP contribution in [0.5, 0.6) is 5.88 Å². The highest BCUT2D eigenvalue weighted by molar-refractivity contribution is 7.82. The Balaban J connectivity index is 1.73. The minimum atomic E-state index is -1.47. The maximum absolute atomic E-state index is 13.2. The third-order valence-corrected chi connectivity index (χ3v) is 6.11. The molecule has 6 nitrogen and oxygen atoms in total. The van der Waals surface area contributed by atoms with E-state index in [9.17, 15) is 9.00 Å². The Bertz CT molecular complexity index is 880. The molecule has 1 spiro atoms. The number of fused-ring (bicyclic) bond motifs is 1. The number of pyridine rings is 1. The van der Waals surface area contributed by atoms with Crippen LogP contribution in [0.4, 0.5) is 0 Å². The van der Waals surface area contributed by atoms with Crippen LogP contribution in [0.15, 0.2) is 41.4 Å². The number of nitrogens with zero attached hydrogens (tertiary/aromatic N) is 2. The Morgan fingerprint density at radius 1 is 1.40 bits per heavy atom. The fourth-order valence-corrected chi connectivity index (χ4v) is 4.38. The number of carbonyl (C=O) groups excluding carboxylic acids is 1. The lowest BCUT2D eigenvalue weighted by Gasteiger charge is -2.22. The van der Waals surface area contributed by atoms with Crippen LogP contribution in [0.2, 0.25) is 0 Å². The van der Waals surface area contributed by atoms with E-state index in [1.54, 1.807) is 0 Å². The number of amides is 1. The Morgan fingerprint density at radius 3 is 2.84 bits per heavy atom. The number of nitrogens with two attached hydrogens (primary N) is 1. The van der Waals surface area contributed by atoms with E-state index < -0.39 is 16.9 Å². The molecule has 25 heavy (non-hydrogen) atoms. The van der Waals surface area contributed by atoms with Gasteiger partial charge in [0.1, 0.15) is 21.5 Å². The van der Waals surface area contributed by atoms with Crippen LogP contribution in [0.1, 0.15) is 34.3 Å². The van der Waals surface area contributed by atoms with Crippen molar-refractivity contribution in [3.8, 4) is 5.88 Å². The van der Waals surface area contributed by atoms with Crippen LogP contribution in [0.3, 0.4) is 0 Å². The molecule has 1 saturated carbocycles. The zero-order valence-electron chi connectivity index (χ0n) is 13.9. The number of hydrogen-bond acceptors (Lipinski definition) is 4. The summed E-state index contributed by atoms with van der Waals surface area (Å²) in [4.78, 5) is 16.1. The SMILES string of the molecule is Cc1ccccc1CN1CC2(CC2)Oc2ncc(C(N)=O)cc2S1=O. The lowest BCUT2D eigenvalue weighted by Crippen LogP contribution is -2.35. The Labute approximate surface area is 148 Å². The van der Waals surface area contributed by atoms with E-state index in [1.807, 2.05) is 35.5 Å². The molecule has 130 valence electrons. The van der Waals surface area contributed by atoms with Crippen LogP contribution >= 0.6 is 0 Å². The number of aryl methyl sites for hydroxylation is 1. The van der Waals surface area contributed by atoms with Gasteiger partial charge < -0.3 is 10.5 Å². The molecule has 0 radical (unpaired) electrons. The van der Waals surface area contributed by atoms with Gasteiger partial charge in [0.25, 0.3) is 0 Å². The van der Waals surface area contributed by atoms with Gasteiger partial charge in [0.2, 0.25) is 11.8 Å². The quantitative estimate of drug-likeness (QED) is 0.910. The molecular formula is C18H19N3O3S. The monoisotopic (exact) mass is 357 g/mol. The van der Waals surface area contributed by atoms with E-state index in [0.717, 1.165) is 24.0 Å². The molecule has 2 N–H and O–H groups in total. The summed E-state index contributed by atoms with van der Waals surface area (Å²) in [6, 6.07) is 9.58. The van der Waals surface area contributed by atoms with Crippen molar-refractivity contribution in [3.05, 3.63) is 53.2 Å². The molecule has 1 aromatic heterocycles. The van der Waals surface area contributed by atoms with Crippen molar-refractivity contribution in [1.82, 2.24) is 9.29 Å². The maximum Gasteiger partial charge on any atom is 0.250 e. The van der Waals surface area contributed by atoms with Crippen LogP contribution in [-0.2, 0) is 17.5 Å². The van der Waals surface area contributed by atoms with Crippen molar-refractivity contribution >= 4 is 16.9 Å². The molecule has 7 heteroatoms. The van der Waals surface area contributed by atoms with Crippen molar-refractivity contribution in [2.75, 3.05) is 6.54 Å². The summed E-state index contributed by atoms with van der Waals surface area (Å²) in [7, 11) is -1.47. The van der Waals surface area contributed by atoms with E-state index in [0.29, 0.717) is 23.9 Å². The van der Waals surface area contributed by atoms with Gasteiger partial charge >= 0.3 is 0 Å². The van der Waals surface area contributed by atoms with Gasteiger partial charge in [-0.15, -0.1) is 0 Å². The van der Waals surface area contributed by atoms with Crippen LogP contribution in [-0.4, -0.2) is 31.6 Å². The third-order valence-electron chi connectivity index (χ3n) is 4.72. The minimum absolute atomic E-state index is 0.235. The lowest BCUT2D eigenvalue weighted by molar-refractivity contribution is 0.0999. The molecule has 1 fully saturated rings. The molecule has 4 rings (SSSR count). The second-order valence-electron chi connectivity index (χ2n) is 6.65. The fourth-order valence-electron chi connectivity index (χ4n) is 3.02. The van der Waals surface area contributed by atoms with Gasteiger partial charge in [-0.05, 0) is 37.0 Å². The van der Waals surface area contributed by atoms with E-state index in [2.05, 4.69) is 4.98 Å². The minimum Gasteiger partial charge on any atom is -0.469 e. The summed E-state index contributed by atoms with van der Waals surface area (Å²) in [5, 5.41) is 0. The predicted molar refractivity (Wildman–Crippen MR) is 93.3 cm³/mol. The molecule has 1 unspecified atom stereocenters. The van der Waals surface area contributed by atoms with Crippen LogP contribution in [0, 0.1) is 6.92 Å². The number of aromatic nitrogens is 1. The number of hydrogen-bond donors (Lipinski definition) is 1. The molecule has 0 saturated heterocycles. The molecule has 1 aliphatic heterocycles. The van der Waals surface area contributed by atoms with Crippen molar-refractivity contribution < 1.29 is 13.7 Å². The molecule has 1 amide bonds. The summed E-state index contributed by atoms with van der Waals surface area (Å²) >= 11 is 0. The molecule has 2 heterocycles. The second-order valence-corrected chi connectivity index (χ2v) is 8.10. The second kappa shape index (κ2) is 5.93. The van der Waals surface area contributed by atoms with Gasteiger partial charge in [-0.25, -0.2) is 13.5 Å². The van der Waals surface area contributed by atoms with Gasteiger partial charge in [0.15, 0.2) is 0 Å². The highest BCUT2D eigenvalue weighted by Gasteiger charge is 2.50. The van der Waals surface area contributed by atoms with E-state index in [4.69, 9.17) is 10.5 Å². The lowest BCUT2D eigenvalue weighted by atomic mass is 10.1. The summed E-state index contributed by atoms with van der Waals surface area (Å²) in [5.74, 6) is -0.253.